The molecule has 4 fully saturated rings. The third-order valence-corrected chi connectivity index (χ3v) is 26.2. The van der Waals surface area contributed by atoms with E-state index in [0.717, 1.165) is 52.1 Å². The van der Waals surface area contributed by atoms with Crippen LogP contribution in [0.4, 0.5) is 0 Å². The van der Waals surface area contributed by atoms with Crippen molar-refractivity contribution in [1.82, 2.24) is 24.2 Å². The second-order valence-electron chi connectivity index (χ2n) is 33.3. The van der Waals surface area contributed by atoms with Crippen LogP contribution in [0.1, 0.15) is 161 Å². The highest BCUT2D eigenvalue weighted by Crippen LogP contribution is 2.50. The molecule has 4 aliphatic heterocycles. The van der Waals surface area contributed by atoms with E-state index < -0.39 is 0 Å². The Kier molecular flexibility index (Phi) is 28.8. The lowest BCUT2D eigenvalue weighted by Gasteiger charge is -2.49. The van der Waals surface area contributed by atoms with Gasteiger partial charge in [-0.2, -0.15) is 0 Å². The van der Waals surface area contributed by atoms with Gasteiger partial charge in [0, 0.05) is 12.4 Å². The smallest absolute Gasteiger partial charge is 0.120 e. The average Bonchev–Trinajstić information content (AvgIpc) is 1.15. The first-order valence-corrected chi connectivity index (χ1v) is 45.4. The molecule has 0 N–H and O–H groups in total. The molecule has 0 bridgehead atoms. The number of likely N-dealkylation sites (tertiary alicyclic amines) is 4. The van der Waals surface area contributed by atoms with E-state index in [-0.39, 0.29) is 27.7 Å². The van der Waals surface area contributed by atoms with Crippen LogP contribution in [0.2, 0.25) is 0 Å². The SMILES string of the molecule is C1=CCCC(C(c2ccccc2)(c2ccccc2)N2CCCCC2)=C1.c1ccc(C(c2ccccc2)(c2ccccc2)N2CCCC2)cc1.c1ccc(C(c2ccccc2)(c2ccccc2)N2CCCCC2)cc1.c1ccc(C(c2ccccc2)(c2ccccc2)N2CCCCC2)cc1.c1ccc(C(c2ccccc2)(c2ccccc2)n2cccc2)cc1. The monoisotopic (exact) mass is 1610 g/mol. The molecule has 616 valence electrons. The van der Waals surface area contributed by atoms with E-state index in [4.69, 9.17) is 0 Å². The third kappa shape index (κ3) is 18.0. The first-order valence-electron chi connectivity index (χ1n) is 45.4. The first kappa shape index (κ1) is 84.3. The minimum Gasteiger partial charge on any atom is -0.336 e. The Morgan fingerprint density at radius 3 is 0.504 bits per heavy atom. The van der Waals surface area contributed by atoms with Crippen LogP contribution in [-0.2, 0) is 27.7 Å². The van der Waals surface area contributed by atoms with Gasteiger partial charge >= 0.3 is 0 Å². The molecule has 4 saturated heterocycles. The Labute approximate surface area is 733 Å². The van der Waals surface area contributed by atoms with Gasteiger partial charge in [-0.3, -0.25) is 19.6 Å². The van der Waals surface area contributed by atoms with Crippen molar-refractivity contribution in [3.8, 4) is 0 Å². The third-order valence-electron chi connectivity index (χ3n) is 26.2. The van der Waals surface area contributed by atoms with E-state index in [9.17, 15) is 0 Å². The number of nitrogens with zero attached hydrogens (tertiary/aromatic N) is 5. The van der Waals surface area contributed by atoms with Crippen LogP contribution in [0.15, 0.2) is 473 Å². The second kappa shape index (κ2) is 42.0. The highest BCUT2D eigenvalue weighted by atomic mass is 15.2. The molecule has 5 heterocycles. The lowest BCUT2D eigenvalue weighted by molar-refractivity contribution is 0.121. The van der Waals surface area contributed by atoms with Crippen molar-refractivity contribution in [2.24, 2.45) is 0 Å². The van der Waals surface area contributed by atoms with E-state index >= 15 is 0 Å². The van der Waals surface area contributed by atoms with Crippen LogP contribution < -0.4 is 0 Å². The first-order chi connectivity index (χ1) is 61.1. The summed E-state index contributed by atoms with van der Waals surface area (Å²) in [5.74, 6) is 0. The van der Waals surface area contributed by atoms with Gasteiger partial charge in [0.25, 0.3) is 0 Å². The molecule has 0 radical (unpaired) electrons. The summed E-state index contributed by atoms with van der Waals surface area (Å²) in [7, 11) is 0. The molecule has 15 aromatic rings. The predicted octanol–water partition coefficient (Wildman–Crippen LogP) is 27.0. The summed E-state index contributed by atoms with van der Waals surface area (Å²) in [4.78, 5) is 10.8. The van der Waals surface area contributed by atoms with Crippen molar-refractivity contribution >= 4 is 0 Å². The molecule has 5 nitrogen and oxygen atoms in total. The molecule has 123 heavy (non-hydrogen) atoms. The van der Waals surface area contributed by atoms with E-state index in [1.54, 1.807) is 0 Å². The van der Waals surface area contributed by atoms with Gasteiger partial charge in [0.05, 0.1) is 22.2 Å². The van der Waals surface area contributed by atoms with Gasteiger partial charge in [-0.15, -0.1) is 0 Å². The van der Waals surface area contributed by atoms with Crippen molar-refractivity contribution < 1.29 is 0 Å². The van der Waals surface area contributed by atoms with Gasteiger partial charge in [0.2, 0.25) is 0 Å². The molecule has 5 heteroatoms. The zero-order valence-corrected chi connectivity index (χ0v) is 71.5. The average molecular weight is 1610 g/mol. The summed E-state index contributed by atoms with van der Waals surface area (Å²) < 4.78 is 2.30. The van der Waals surface area contributed by atoms with Crippen molar-refractivity contribution in [3.05, 3.63) is 551 Å². The fourth-order valence-electron chi connectivity index (χ4n) is 20.9. The summed E-state index contributed by atoms with van der Waals surface area (Å²) in [6, 6.07) is 158. The molecule has 0 spiro atoms. The maximum absolute atomic E-state index is 2.74. The number of hydrogen-bond acceptors (Lipinski definition) is 4. The molecular formula is C118H119N5. The highest BCUT2D eigenvalue weighted by Gasteiger charge is 2.48. The zero-order valence-electron chi connectivity index (χ0n) is 71.5. The molecule has 1 aliphatic carbocycles. The summed E-state index contributed by atoms with van der Waals surface area (Å²) in [5, 5.41) is 0. The maximum atomic E-state index is 2.74. The van der Waals surface area contributed by atoms with Crippen molar-refractivity contribution in [3.63, 3.8) is 0 Å². The number of allylic oxidation sites excluding steroid dienone is 3. The Hall–Kier alpha value is -12.3. The Balaban J connectivity index is 0.000000114. The van der Waals surface area contributed by atoms with Crippen LogP contribution in [0, 0.1) is 0 Å². The topological polar surface area (TPSA) is 17.9 Å². The molecule has 0 unspecified atom stereocenters. The van der Waals surface area contributed by atoms with Crippen molar-refractivity contribution in [1.29, 1.82) is 0 Å². The summed E-state index contributed by atoms with van der Waals surface area (Å²) in [5.41, 5.74) is 19.1. The van der Waals surface area contributed by atoms with Crippen LogP contribution in [0.25, 0.3) is 0 Å². The van der Waals surface area contributed by atoms with Crippen LogP contribution in [0.3, 0.4) is 0 Å². The standard InChI is InChI=1S/C24H27N.2C24H25N.C23H23N.C23H19N/c3*1-5-13-21(14-6-1)24(22-15-7-2-8-16-22,23-17-9-3-10-18-23)25-19-11-4-12-20-25;2*1-4-12-20(13-5-1)23(24-18-10-11-19-24,21-14-6-2-7-15-21)22-16-8-3-9-17-22/h1-3,5-9,13-17H,4,10-12,18-20H2;2*1-3,5-10,13-18H,4,11-12,19-20H2;1-9,12-17H,10-11,18-19H2;1-19H. The Morgan fingerprint density at radius 1 is 0.163 bits per heavy atom. The van der Waals surface area contributed by atoms with Crippen LogP contribution >= 0.6 is 0 Å². The summed E-state index contributed by atoms with van der Waals surface area (Å²) in [6.07, 6.45) is 27.7. The molecule has 0 amide bonds. The number of benzene rings is 14. The minimum atomic E-state index is -0.382. The van der Waals surface area contributed by atoms with Crippen molar-refractivity contribution in [2.45, 2.75) is 111 Å². The van der Waals surface area contributed by atoms with Crippen molar-refractivity contribution in [2.75, 3.05) is 52.4 Å². The Bertz CT molecular complexity index is 5000. The van der Waals surface area contributed by atoms with Gasteiger partial charge in [-0.25, -0.2) is 0 Å². The number of hydrogen-bond donors (Lipinski definition) is 0. The minimum absolute atomic E-state index is 0.131. The van der Waals surface area contributed by atoms with Gasteiger partial charge in [0.1, 0.15) is 5.54 Å². The lowest BCUT2D eigenvalue weighted by Crippen LogP contribution is -2.51. The fourth-order valence-corrected chi connectivity index (χ4v) is 20.9. The molecule has 20 rings (SSSR count). The van der Waals surface area contributed by atoms with E-state index in [1.807, 2.05) is 0 Å². The van der Waals surface area contributed by atoms with Gasteiger partial charge in [-0.05, 0) is 212 Å². The molecule has 0 saturated carbocycles. The zero-order chi connectivity index (χ0) is 83.3. The molecular weight excluding hydrogens is 1490 g/mol. The van der Waals surface area contributed by atoms with E-state index in [0.29, 0.717) is 0 Å². The van der Waals surface area contributed by atoms with E-state index in [1.165, 1.54) is 167 Å². The normalized spacial score (nSPS) is 15.5. The quantitative estimate of drug-likeness (QED) is 0.0708. The summed E-state index contributed by atoms with van der Waals surface area (Å²) >= 11 is 0. The fraction of sp³-hybridized carbons (Fsp3) is 0.220. The van der Waals surface area contributed by atoms with Gasteiger partial charge < -0.3 is 4.57 Å². The second-order valence-corrected chi connectivity index (χ2v) is 33.3. The van der Waals surface area contributed by atoms with Gasteiger partial charge in [-0.1, -0.05) is 462 Å². The van der Waals surface area contributed by atoms with Gasteiger partial charge in [0.15, 0.2) is 0 Å². The summed E-state index contributed by atoms with van der Waals surface area (Å²) in [6.45, 7) is 9.17. The van der Waals surface area contributed by atoms with Crippen LogP contribution in [0.5, 0.6) is 0 Å². The Morgan fingerprint density at radius 2 is 0.325 bits per heavy atom. The number of aromatic nitrogens is 1. The predicted molar refractivity (Wildman–Crippen MR) is 514 cm³/mol. The number of rotatable bonds is 20. The lowest BCUT2D eigenvalue weighted by atomic mass is 9.72. The molecule has 5 aliphatic rings. The largest absolute Gasteiger partial charge is 0.336 e. The molecule has 14 aromatic carbocycles. The maximum Gasteiger partial charge on any atom is 0.120 e. The molecule has 0 atom stereocenters. The molecule has 1 aromatic heterocycles. The highest BCUT2D eigenvalue weighted by molar-refractivity contribution is 5.56. The van der Waals surface area contributed by atoms with E-state index in [2.05, 4.69) is 492 Å². The number of piperidine rings is 3. The van der Waals surface area contributed by atoms with Crippen LogP contribution in [-0.4, -0.2) is 76.5 Å².